The van der Waals surface area contributed by atoms with Crippen LogP contribution in [-0.4, -0.2) is 31.0 Å². The molecule has 1 aliphatic carbocycles. The lowest BCUT2D eigenvalue weighted by molar-refractivity contribution is 0.289. The van der Waals surface area contributed by atoms with E-state index in [0.29, 0.717) is 5.75 Å². The van der Waals surface area contributed by atoms with Gasteiger partial charge >= 0.3 is 0 Å². The molecule has 0 aromatic rings. The van der Waals surface area contributed by atoms with E-state index in [1.807, 2.05) is 13.8 Å². The summed E-state index contributed by atoms with van der Waals surface area (Å²) in [6.07, 6.45) is 6.57. The highest BCUT2D eigenvalue weighted by Gasteiger charge is 2.43. The van der Waals surface area contributed by atoms with Gasteiger partial charge in [0.25, 0.3) is 0 Å². The van der Waals surface area contributed by atoms with Crippen LogP contribution in [0.2, 0.25) is 0 Å². The quantitative estimate of drug-likeness (QED) is 0.709. The lowest BCUT2D eigenvalue weighted by Crippen LogP contribution is -2.62. The normalized spacial score (nSPS) is 38.1. The molecule has 4 heteroatoms. The number of fused-ring (bicyclic) bond motifs is 1. The van der Waals surface area contributed by atoms with Crippen LogP contribution in [0.25, 0.3) is 0 Å². The molecule has 2 rings (SSSR count). The Kier molecular flexibility index (Phi) is 3.32. The molecule has 94 valence electrons. The van der Waals surface area contributed by atoms with E-state index >= 15 is 0 Å². The Morgan fingerprint density at radius 2 is 1.69 bits per heavy atom. The van der Waals surface area contributed by atoms with E-state index in [-0.39, 0.29) is 16.8 Å². The van der Waals surface area contributed by atoms with Crippen molar-refractivity contribution in [1.29, 1.82) is 0 Å². The van der Waals surface area contributed by atoms with Gasteiger partial charge in [-0.1, -0.05) is 25.7 Å². The van der Waals surface area contributed by atoms with Crippen molar-refractivity contribution in [3.63, 3.8) is 0 Å². The van der Waals surface area contributed by atoms with Gasteiger partial charge < -0.3 is 5.32 Å². The van der Waals surface area contributed by atoms with Crippen molar-refractivity contribution in [2.45, 2.75) is 69.2 Å². The van der Waals surface area contributed by atoms with E-state index in [4.69, 9.17) is 0 Å². The highest BCUT2D eigenvalue weighted by molar-refractivity contribution is 7.92. The maximum absolute atomic E-state index is 12.3. The standard InChI is InChI=1S/C12H23NO2S/c1-12(2)9-16(14,15)11-8-6-4-3-5-7-10(11)13-12/h10-11,13H,3-9H2,1-2H3. The van der Waals surface area contributed by atoms with Crippen molar-refractivity contribution in [3.05, 3.63) is 0 Å². The highest BCUT2D eigenvalue weighted by Crippen LogP contribution is 2.30. The first kappa shape index (κ1) is 12.4. The van der Waals surface area contributed by atoms with Crippen LogP contribution < -0.4 is 5.32 Å². The molecule has 2 fully saturated rings. The van der Waals surface area contributed by atoms with Crippen molar-refractivity contribution in [1.82, 2.24) is 5.32 Å². The molecule has 0 radical (unpaired) electrons. The minimum atomic E-state index is -2.89. The summed E-state index contributed by atoms with van der Waals surface area (Å²) in [5.74, 6) is 0.293. The lowest BCUT2D eigenvalue weighted by atomic mass is 9.93. The Morgan fingerprint density at radius 3 is 2.38 bits per heavy atom. The van der Waals surface area contributed by atoms with E-state index in [1.54, 1.807) is 0 Å². The molecular weight excluding hydrogens is 222 g/mol. The zero-order chi connectivity index (χ0) is 11.8. The van der Waals surface area contributed by atoms with E-state index in [0.717, 1.165) is 19.3 Å². The van der Waals surface area contributed by atoms with Gasteiger partial charge in [0.05, 0.1) is 11.0 Å². The molecule has 1 aliphatic heterocycles. The fraction of sp³-hybridized carbons (Fsp3) is 1.00. The highest BCUT2D eigenvalue weighted by atomic mass is 32.2. The van der Waals surface area contributed by atoms with Crippen molar-refractivity contribution in [2.24, 2.45) is 0 Å². The molecule has 2 atom stereocenters. The molecule has 0 amide bonds. The molecule has 0 bridgehead atoms. The fourth-order valence-corrected chi connectivity index (χ4v) is 5.73. The van der Waals surface area contributed by atoms with Crippen LogP contribution in [0.5, 0.6) is 0 Å². The summed E-state index contributed by atoms with van der Waals surface area (Å²) in [6.45, 7) is 4.00. The smallest absolute Gasteiger partial charge is 0.156 e. The predicted molar refractivity (Wildman–Crippen MR) is 66.3 cm³/mol. The summed E-state index contributed by atoms with van der Waals surface area (Å²) in [7, 11) is -2.89. The van der Waals surface area contributed by atoms with Gasteiger partial charge in [-0.25, -0.2) is 8.42 Å². The van der Waals surface area contributed by atoms with Gasteiger partial charge in [0.15, 0.2) is 9.84 Å². The number of hydrogen-bond donors (Lipinski definition) is 1. The fourth-order valence-electron chi connectivity index (χ4n) is 3.20. The van der Waals surface area contributed by atoms with Crippen molar-refractivity contribution in [2.75, 3.05) is 5.75 Å². The molecule has 2 unspecified atom stereocenters. The molecule has 0 aromatic carbocycles. The maximum atomic E-state index is 12.3. The number of sulfone groups is 1. The minimum Gasteiger partial charge on any atom is -0.307 e. The zero-order valence-electron chi connectivity index (χ0n) is 10.3. The SMILES string of the molecule is CC1(C)CS(=O)(=O)C2CCCCCCC2N1. The van der Waals surface area contributed by atoms with E-state index < -0.39 is 9.84 Å². The van der Waals surface area contributed by atoms with Gasteiger partial charge in [0, 0.05) is 11.6 Å². The molecule has 1 saturated heterocycles. The van der Waals surface area contributed by atoms with Crippen LogP contribution >= 0.6 is 0 Å². The number of nitrogens with one attached hydrogen (secondary N) is 1. The van der Waals surface area contributed by atoms with Gasteiger partial charge in [-0.2, -0.15) is 0 Å². The summed E-state index contributed by atoms with van der Waals surface area (Å²) in [6, 6.07) is 0.189. The lowest BCUT2D eigenvalue weighted by Gasteiger charge is -2.42. The Balaban J connectivity index is 2.22. The summed E-state index contributed by atoms with van der Waals surface area (Å²) in [5, 5.41) is 3.41. The van der Waals surface area contributed by atoms with Crippen molar-refractivity contribution in [3.8, 4) is 0 Å². The Morgan fingerprint density at radius 1 is 1.06 bits per heavy atom. The third-order valence-electron chi connectivity index (χ3n) is 3.80. The average molecular weight is 245 g/mol. The van der Waals surface area contributed by atoms with Crippen molar-refractivity contribution >= 4 is 9.84 Å². The van der Waals surface area contributed by atoms with E-state index in [1.165, 1.54) is 19.3 Å². The Hall–Kier alpha value is -0.0900. The zero-order valence-corrected chi connectivity index (χ0v) is 11.1. The number of hydrogen-bond acceptors (Lipinski definition) is 3. The van der Waals surface area contributed by atoms with E-state index in [2.05, 4.69) is 5.32 Å². The third kappa shape index (κ3) is 2.59. The Labute approximate surface area is 98.9 Å². The van der Waals surface area contributed by atoms with Crippen LogP contribution in [0.1, 0.15) is 52.4 Å². The molecule has 1 N–H and O–H groups in total. The molecular formula is C12H23NO2S. The second-order valence-electron chi connectivity index (χ2n) is 5.97. The second kappa shape index (κ2) is 4.30. The predicted octanol–water partition coefficient (Wildman–Crippen LogP) is 1.87. The average Bonchev–Trinajstić information content (AvgIpc) is 2.05. The summed E-state index contributed by atoms with van der Waals surface area (Å²) in [5.41, 5.74) is -0.251. The Bertz CT molecular complexity index is 348. The van der Waals surface area contributed by atoms with Gasteiger partial charge in [0.1, 0.15) is 0 Å². The topological polar surface area (TPSA) is 46.2 Å². The van der Waals surface area contributed by atoms with Crippen LogP contribution in [-0.2, 0) is 9.84 Å². The summed E-state index contributed by atoms with van der Waals surface area (Å²) >= 11 is 0. The molecule has 0 aromatic heterocycles. The molecule has 0 spiro atoms. The summed E-state index contributed by atoms with van der Waals surface area (Å²) in [4.78, 5) is 0. The van der Waals surface area contributed by atoms with Crippen LogP contribution in [0.3, 0.4) is 0 Å². The molecule has 3 nitrogen and oxygen atoms in total. The van der Waals surface area contributed by atoms with Gasteiger partial charge in [0.2, 0.25) is 0 Å². The van der Waals surface area contributed by atoms with E-state index in [9.17, 15) is 8.42 Å². The number of rotatable bonds is 0. The van der Waals surface area contributed by atoms with Gasteiger partial charge in [-0.3, -0.25) is 0 Å². The molecule has 1 heterocycles. The monoisotopic (exact) mass is 245 g/mol. The summed E-state index contributed by atoms with van der Waals surface area (Å²) < 4.78 is 24.5. The second-order valence-corrected chi connectivity index (χ2v) is 8.19. The molecule has 1 saturated carbocycles. The van der Waals surface area contributed by atoms with Crippen molar-refractivity contribution < 1.29 is 8.42 Å². The largest absolute Gasteiger partial charge is 0.307 e. The third-order valence-corrected chi connectivity index (χ3v) is 6.41. The first-order valence-electron chi connectivity index (χ1n) is 6.40. The first-order valence-corrected chi connectivity index (χ1v) is 8.12. The minimum absolute atomic E-state index is 0.124. The maximum Gasteiger partial charge on any atom is 0.156 e. The van der Waals surface area contributed by atoms with Crippen LogP contribution in [0, 0.1) is 0 Å². The first-order chi connectivity index (χ1) is 7.41. The van der Waals surface area contributed by atoms with Crippen LogP contribution in [0.15, 0.2) is 0 Å². The van der Waals surface area contributed by atoms with Crippen LogP contribution in [0.4, 0.5) is 0 Å². The van der Waals surface area contributed by atoms with Gasteiger partial charge in [-0.15, -0.1) is 0 Å². The molecule has 2 aliphatic rings. The molecule has 16 heavy (non-hydrogen) atoms. The van der Waals surface area contributed by atoms with Gasteiger partial charge in [-0.05, 0) is 26.7 Å².